The first-order valence-electron chi connectivity index (χ1n) is 7.78. The van der Waals surface area contributed by atoms with Crippen molar-refractivity contribution in [2.45, 2.75) is 13.3 Å². The molecule has 24 heavy (non-hydrogen) atoms. The fourth-order valence-corrected chi connectivity index (χ4v) is 2.10. The van der Waals surface area contributed by atoms with Gasteiger partial charge in [0.15, 0.2) is 0 Å². The van der Waals surface area contributed by atoms with E-state index in [4.69, 9.17) is 4.74 Å². The molecule has 2 rings (SSSR count). The average Bonchev–Trinajstić information content (AvgIpc) is 2.59. The smallest absolute Gasteiger partial charge is 0.270 e. The molecule has 0 spiro atoms. The van der Waals surface area contributed by atoms with E-state index in [1.54, 1.807) is 12.1 Å². The number of benzene rings is 1. The predicted octanol–water partition coefficient (Wildman–Crippen LogP) is 2.97. The van der Waals surface area contributed by atoms with Gasteiger partial charge in [0.05, 0.1) is 17.0 Å². The summed E-state index contributed by atoms with van der Waals surface area (Å²) in [6.07, 6.45) is 2.66. The minimum atomic E-state index is -0.433. The third kappa shape index (κ3) is 4.63. The highest BCUT2D eigenvalue weighted by molar-refractivity contribution is 5.91. The molecule has 0 radical (unpaired) electrons. The Bertz CT molecular complexity index is 720. The van der Waals surface area contributed by atoms with E-state index >= 15 is 0 Å². The molecule has 0 atom stereocenters. The standard InChI is InChI=1S/C16H21N5O3/c1-3-7-18-16-19-14-6-5-12(21(22)23)11-13(14)15(20-16)17-8-10-24-9-4-2/h3,5-6,11H,1,4,7-10H2,2H3,(H2,17,18,19,20). The van der Waals surface area contributed by atoms with Crippen LogP contribution in [-0.2, 0) is 4.74 Å². The first kappa shape index (κ1) is 17.6. The number of hydrogen-bond donors (Lipinski definition) is 2. The summed E-state index contributed by atoms with van der Waals surface area (Å²) in [7, 11) is 0. The van der Waals surface area contributed by atoms with E-state index in [0.717, 1.165) is 6.42 Å². The maximum absolute atomic E-state index is 11.0. The van der Waals surface area contributed by atoms with Crippen LogP contribution in [0.1, 0.15) is 13.3 Å². The lowest BCUT2D eigenvalue weighted by atomic mass is 10.2. The van der Waals surface area contributed by atoms with Crippen LogP contribution in [0.4, 0.5) is 17.5 Å². The van der Waals surface area contributed by atoms with E-state index in [9.17, 15) is 10.1 Å². The summed E-state index contributed by atoms with van der Waals surface area (Å²) in [6.45, 7) is 7.99. The van der Waals surface area contributed by atoms with Crippen LogP contribution in [0.5, 0.6) is 0 Å². The highest BCUT2D eigenvalue weighted by atomic mass is 16.6. The number of nitrogens with zero attached hydrogens (tertiary/aromatic N) is 3. The van der Waals surface area contributed by atoms with Crippen LogP contribution in [0.3, 0.4) is 0 Å². The molecular formula is C16H21N5O3. The Hall–Kier alpha value is -2.74. The zero-order valence-electron chi connectivity index (χ0n) is 13.6. The number of rotatable bonds is 10. The van der Waals surface area contributed by atoms with Crippen molar-refractivity contribution in [3.63, 3.8) is 0 Å². The molecular weight excluding hydrogens is 310 g/mol. The second kappa shape index (κ2) is 8.78. The second-order valence-corrected chi connectivity index (χ2v) is 5.06. The molecule has 0 bridgehead atoms. The van der Waals surface area contributed by atoms with Gasteiger partial charge < -0.3 is 15.4 Å². The molecule has 8 nitrogen and oxygen atoms in total. The van der Waals surface area contributed by atoms with Crippen molar-refractivity contribution in [2.75, 3.05) is 36.9 Å². The molecule has 0 saturated carbocycles. The first-order chi connectivity index (χ1) is 11.7. The summed E-state index contributed by atoms with van der Waals surface area (Å²) < 4.78 is 5.43. The van der Waals surface area contributed by atoms with Crippen LogP contribution >= 0.6 is 0 Å². The van der Waals surface area contributed by atoms with Crippen molar-refractivity contribution in [3.8, 4) is 0 Å². The normalized spacial score (nSPS) is 10.5. The molecule has 2 aromatic rings. The van der Waals surface area contributed by atoms with Gasteiger partial charge >= 0.3 is 0 Å². The van der Waals surface area contributed by atoms with Gasteiger partial charge in [0.25, 0.3) is 5.69 Å². The van der Waals surface area contributed by atoms with Crippen molar-refractivity contribution in [1.29, 1.82) is 0 Å². The maximum Gasteiger partial charge on any atom is 0.270 e. The lowest BCUT2D eigenvalue weighted by molar-refractivity contribution is -0.384. The number of fused-ring (bicyclic) bond motifs is 1. The quantitative estimate of drug-likeness (QED) is 0.298. The van der Waals surface area contributed by atoms with Crippen LogP contribution < -0.4 is 10.6 Å². The lowest BCUT2D eigenvalue weighted by Gasteiger charge is -2.11. The van der Waals surface area contributed by atoms with Crippen LogP contribution in [0.15, 0.2) is 30.9 Å². The molecule has 0 aliphatic carbocycles. The van der Waals surface area contributed by atoms with Gasteiger partial charge in [-0.2, -0.15) is 4.98 Å². The number of aromatic nitrogens is 2. The summed E-state index contributed by atoms with van der Waals surface area (Å²) in [5, 5.41) is 17.8. The van der Waals surface area contributed by atoms with Crippen molar-refractivity contribution < 1.29 is 9.66 Å². The van der Waals surface area contributed by atoms with Gasteiger partial charge in [-0.1, -0.05) is 13.0 Å². The largest absolute Gasteiger partial charge is 0.380 e. The molecule has 0 unspecified atom stereocenters. The Morgan fingerprint density at radius 2 is 2.17 bits per heavy atom. The molecule has 8 heteroatoms. The third-order valence-corrected chi connectivity index (χ3v) is 3.18. The van der Waals surface area contributed by atoms with E-state index in [1.165, 1.54) is 12.1 Å². The van der Waals surface area contributed by atoms with Gasteiger partial charge in [0.2, 0.25) is 5.95 Å². The number of ether oxygens (including phenoxy) is 1. The average molecular weight is 331 g/mol. The summed E-state index contributed by atoms with van der Waals surface area (Å²) in [5.41, 5.74) is 0.627. The third-order valence-electron chi connectivity index (χ3n) is 3.18. The van der Waals surface area contributed by atoms with E-state index < -0.39 is 4.92 Å². The highest BCUT2D eigenvalue weighted by Crippen LogP contribution is 2.26. The Balaban J connectivity index is 2.28. The molecule has 0 aliphatic heterocycles. The summed E-state index contributed by atoms with van der Waals surface area (Å²) in [6, 6.07) is 4.52. The van der Waals surface area contributed by atoms with Crippen molar-refractivity contribution >= 4 is 28.4 Å². The number of anilines is 2. The minimum absolute atomic E-state index is 0.00295. The van der Waals surface area contributed by atoms with E-state index in [-0.39, 0.29) is 5.69 Å². The van der Waals surface area contributed by atoms with Gasteiger partial charge in [0, 0.05) is 37.2 Å². The SMILES string of the molecule is C=CCNc1nc(NCCOCCC)c2cc([N+](=O)[O-])ccc2n1. The lowest BCUT2D eigenvalue weighted by Crippen LogP contribution is -2.13. The zero-order chi connectivity index (χ0) is 17.4. The Morgan fingerprint density at radius 1 is 1.33 bits per heavy atom. The van der Waals surface area contributed by atoms with Gasteiger partial charge in [0.1, 0.15) is 5.82 Å². The molecule has 128 valence electrons. The fraction of sp³-hybridized carbons (Fsp3) is 0.375. The molecule has 1 heterocycles. The zero-order valence-corrected chi connectivity index (χ0v) is 13.6. The van der Waals surface area contributed by atoms with Crippen molar-refractivity contribution in [1.82, 2.24) is 9.97 Å². The van der Waals surface area contributed by atoms with E-state index in [0.29, 0.717) is 49.0 Å². The molecule has 1 aromatic heterocycles. The summed E-state index contributed by atoms with van der Waals surface area (Å²) >= 11 is 0. The van der Waals surface area contributed by atoms with Crippen molar-refractivity contribution in [3.05, 3.63) is 41.0 Å². The molecule has 0 saturated heterocycles. The number of non-ortho nitro benzene ring substituents is 1. The van der Waals surface area contributed by atoms with Crippen LogP contribution in [-0.4, -0.2) is 41.2 Å². The number of hydrogen-bond acceptors (Lipinski definition) is 7. The minimum Gasteiger partial charge on any atom is -0.380 e. The van der Waals surface area contributed by atoms with Gasteiger partial charge in [-0.15, -0.1) is 6.58 Å². The van der Waals surface area contributed by atoms with Crippen LogP contribution in [0.2, 0.25) is 0 Å². The Morgan fingerprint density at radius 3 is 2.88 bits per heavy atom. The molecule has 1 aromatic carbocycles. The van der Waals surface area contributed by atoms with Crippen molar-refractivity contribution in [2.24, 2.45) is 0 Å². The molecule has 2 N–H and O–H groups in total. The summed E-state index contributed by atoms with van der Waals surface area (Å²) in [4.78, 5) is 19.3. The van der Waals surface area contributed by atoms with Gasteiger partial charge in [-0.05, 0) is 12.5 Å². The monoisotopic (exact) mass is 331 g/mol. The van der Waals surface area contributed by atoms with Gasteiger partial charge in [-0.25, -0.2) is 4.98 Å². The van der Waals surface area contributed by atoms with Gasteiger partial charge in [-0.3, -0.25) is 10.1 Å². The molecule has 0 fully saturated rings. The molecule has 0 amide bonds. The highest BCUT2D eigenvalue weighted by Gasteiger charge is 2.12. The van der Waals surface area contributed by atoms with E-state index in [2.05, 4.69) is 27.2 Å². The second-order valence-electron chi connectivity index (χ2n) is 5.06. The summed E-state index contributed by atoms with van der Waals surface area (Å²) in [5.74, 6) is 0.976. The number of nitrogens with one attached hydrogen (secondary N) is 2. The Labute approximate surface area is 140 Å². The number of nitro groups is 1. The maximum atomic E-state index is 11.0. The first-order valence-corrected chi connectivity index (χ1v) is 7.78. The van der Waals surface area contributed by atoms with Crippen LogP contribution in [0, 0.1) is 10.1 Å². The Kier molecular flexibility index (Phi) is 6.44. The number of nitro benzene ring substituents is 1. The van der Waals surface area contributed by atoms with E-state index in [1.807, 2.05) is 6.92 Å². The van der Waals surface area contributed by atoms with Crippen LogP contribution in [0.25, 0.3) is 10.9 Å². The fourth-order valence-electron chi connectivity index (χ4n) is 2.10. The topological polar surface area (TPSA) is 102 Å². The molecule has 0 aliphatic rings. The predicted molar refractivity (Wildman–Crippen MR) is 94.5 cm³/mol.